The number of carbonyl (C=O) groups is 2. The highest BCUT2D eigenvalue weighted by atomic mass is 32.2. The van der Waals surface area contributed by atoms with Crippen LogP contribution in [0.15, 0.2) is 48.5 Å². The van der Waals surface area contributed by atoms with Gasteiger partial charge in [0.15, 0.2) is 12.4 Å². The van der Waals surface area contributed by atoms with Gasteiger partial charge in [-0.3, -0.25) is 13.9 Å². The first kappa shape index (κ1) is 21.0. The van der Waals surface area contributed by atoms with E-state index in [9.17, 15) is 18.0 Å². The van der Waals surface area contributed by atoms with Crippen LogP contribution in [0.2, 0.25) is 0 Å². The normalized spacial score (nSPS) is 14.3. The number of hydrogen-bond donors (Lipinski definition) is 0. The molecule has 0 aliphatic carbocycles. The monoisotopic (exact) mass is 415 g/mol. The molecule has 1 aliphatic heterocycles. The minimum atomic E-state index is -3.33. The first-order chi connectivity index (χ1) is 13.9. The highest BCUT2D eigenvalue weighted by Crippen LogP contribution is 2.31. The second-order valence-electron chi connectivity index (χ2n) is 6.97. The molecule has 1 aliphatic rings. The summed E-state index contributed by atoms with van der Waals surface area (Å²) in [6.07, 6.45) is 1.14. The zero-order valence-corrected chi connectivity index (χ0v) is 17.4. The number of sulfonamides is 1. The molecule has 0 saturated heterocycles. The smallest absolute Gasteiger partial charge is 0.313 e. The molecule has 0 aromatic heterocycles. The molecular weight excluding hydrogens is 390 g/mol. The van der Waals surface area contributed by atoms with Gasteiger partial charge in [0, 0.05) is 12.1 Å². The number of hydrogen-bond acceptors (Lipinski definition) is 5. The summed E-state index contributed by atoms with van der Waals surface area (Å²) in [5.74, 6) is -1.10. The molecule has 1 heterocycles. The van der Waals surface area contributed by atoms with Crippen molar-refractivity contribution in [3.63, 3.8) is 0 Å². The molecule has 29 heavy (non-hydrogen) atoms. The van der Waals surface area contributed by atoms with E-state index in [2.05, 4.69) is 0 Å². The summed E-state index contributed by atoms with van der Waals surface area (Å²) in [6, 6.07) is 14.3. The molecule has 1 atom stereocenters. The first-order valence-electron chi connectivity index (χ1n) is 9.75. The van der Waals surface area contributed by atoms with Crippen molar-refractivity contribution in [3.8, 4) is 0 Å². The topological polar surface area (TPSA) is 80.8 Å². The number of fused-ring (bicyclic) bond motifs is 1. The summed E-state index contributed by atoms with van der Waals surface area (Å²) < 4.78 is 31.0. The fraction of sp³-hybridized carbons (Fsp3) is 0.364. The first-order valence-corrected chi connectivity index (χ1v) is 11.4. The summed E-state index contributed by atoms with van der Waals surface area (Å²) in [6.45, 7) is 3.56. The Bertz CT molecular complexity index is 1000. The number of benzene rings is 2. The van der Waals surface area contributed by atoms with Crippen molar-refractivity contribution >= 4 is 27.5 Å². The van der Waals surface area contributed by atoms with Crippen LogP contribution in [0.5, 0.6) is 0 Å². The van der Waals surface area contributed by atoms with Crippen molar-refractivity contribution in [3.05, 3.63) is 65.2 Å². The molecule has 6 nitrogen and oxygen atoms in total. The number of rotatable bonds is 8. The van der Waals surface area contributed by atoms with Crippen molar-refractivity contribution in [2.45, 2.75) is 32.6 Å². The number of nitrogens with zero attached hydrogens (tertiary/aromatic N) is 1. The quantitative estimate of drug-likeness (QED) is 0.488. The number of anilines is 1. The van der Waals surface area contributed by atoms with Gasteiger partial charge in [0.1, 0.15) is 0 Å². The Balaban J connectivity index is 1.67. The van der Waals surface area contributed by atoms with E-state index in [1.54, 1.807) is 25.1 Å². The van der Waals surface area contributed by atoms with Gasteiger partial charge in [-0.2, -0.15) is 0 Å². The third-order valence-electron chi connectivity index (χ3n) is 5.20. The van der Waals surface area contributed by atoms with Crippen LogP contribution in [-0.4, -0.2) is 39.1 Å². The maximum Gasteiger partial charge on any atom is 0.313 e. The fourth-order valence-electron chi connectivity index (χ4n) is 3.53. The van der Waals surface area contributed by atoms with Gasteiger partial charge in [0.25, 0.3) is 0 Å². The molecule has 0 unspecified atom stereocenters. The van der Waals surface area contributed by atoms with Gasteiger partial charge in [-0.05, 0) is 49.1 Å². The van der Waals surface area contributed by atoms with Crippen molar-refractivity contribution in [2.24, 2.45) is 0 Å². The van der Waals surface area contributed by atoms with E-state index in [0.717, 1.165) is 11.1 Å². The molecule has 154 valence electrons. The molecule has 0 amide bonds. The van der Waals surface area contributed by atoms with Gasteiger partial charge >= 0.3 is 5.97 Å². The molecule has 7 heteroatoms. The maximum atomic E-state index is 12.5. The van der Waals surface area contributed by atoms with Gasteiger partial charge in [-0.15, -0.1) is 0 Å². The molecule has 3 rings (SSSR count). The molecule has 0 spiro atoms. The van der Waals surface area contributed by atoms with E-state index >= 15 is 0 Å². The van der Waals surface area contributed by atoms with Crippen LogP contribution in [0, 0.1) is 0 Å². The third-order valence-corrected chi connectivity index (χ3v) is 6.98. The van der Waals surface area contributed by atoms with Gasteiger partial charge in [-0.25, -0.2) is 8.42 Å². The van der Waals surface area contributed by atoms with E-state index in [4.69, 9.17) is 4.74 Å². The summed E-state index contributed by atoms with van der Waals surface area (Å²) in [7, 11) is -3.33. The van der Waals surface area contributed by atoms with Gasteiger partial charge in [-0.1, -0.05) is 37.3 Å². The molecule has 0 fully saturated rings. The van der Waals surface area contributed by atoms with E-state index in [-0.39, 0.29) is 18.1 Å². The minimum absolute atomic E-state index is 0.0308. The van der Waals surface area contributed by atoms with Crippen LogP contribution >= 0.6 is 0 Å². The van der Waals surface area contributed by atoms with Crippen LogP contribution < -0.4 is 4.31 Å². The van der Waals surface area contributed by atoms with Gasteiger partial charge in [0.05, 0.1) is 17.4 Å². The Labute approximate surface area is 171 Å². The largest absolute Gasteiger partial charge is 0.457 e. The molecule has 0 bridgehead atoms. The molecule has 0 N–H and O–H groups in total. The van der Waals surface area contributed by atoms with Crippen LogP contribution in [0.3, 0.4) is 0 Å². The molecule has 0 radical (unpaired) electrons. The van der Waals surface area contributed by atoms with Crippen LogP contribution in [0.1, 0.15) is 47.7 Å². The average Bonchev–Trinajstić information content (AvgIpc) is 3.17. The Hall–Kier alpha value is -2.67. The minimum Gasteiger partial charge on any atom is -0.457 e. The van der Waals surface area contributed by atoms with Crippen LogP contribution in [0.4, 0.5) is 5.69 Å². The van der Waals surface area contributed by atoms with Gasteiger partial charge < -0.3 is 4.74 Å². The molecule has 0 saturated carbocycles. The summed E-state index contributed by atoms with van der Waals surface area (Å²) in [4.78, 5) is 25.0. The lowest BCUT2D eigenvalue weighted by Gasteiger charge is -2.18. The lowest BCUT2D eigenvalue weighted by Crippen LogP contribution is -2.30. The number of esters is 1. The van der Waals surface area contributed by atoms with Crippen molar-refractivity contribution in [1.29, 1.82) is 0 Å². The van der Waals surface area contributed by atoms with Gasteiger partial charge in [0.2, 0.25) is 10.0 Å². The third kappa shape index (κ3) is 4.50. The summed E-state index contributed by atoms with van der Waals surface area (Å²) >= 11 is 0. The van der Waals surface area contributed by atoms with Crippen molar-refractivity contribution in [1.82, 2.24) is 0 Å². The second kappa shape index (κ2) is 8.78. The number of ketones is 1. The molecule has 2 aromatic carbocycles. The lowest BCUT2D eigenvalue weighted by atomic mass is 9.97. The van der Waals surface area contributed by atoms with Crippen molar-refractivity contribution < 1.29 is 22.7 Å². The summed E-state index contributed by atoms with van der Waals surface area (Å²) in [5, 5.41) is 0. The maximum absolute atomic E-state index is 12.5. The SMILES string of the molecule is CC[C@H](C(=O)OCC(=O)c1ccc2c(c1)CCN2S(=O)(=O)CC)c1ccccc1. The zero-order chi connectivity index (χ0) is 21.0. The highest BCUT2D eigenvalue weighted by Gasteiger charge is 2.29. The Morgan fingerprint density at radius 2 is 1.83 bits per heavy atom. The van der Waals surface area contributed by atoms with E-state index in [0.29, 0.717) is 30.6 Å². The van der Waals surface area contributed by atoms with Crippen LogP contribution in [0.25, 0.3) is 0 Å². The van der Waals surface area contributed by atoms with E-state index in [1.165, 1.54) is 4.31 Å². The summed E-state index contributed by atoms with van der Waals surface area (Å²) in [5.41, 5.74) is 2.72. The number of ether oxygens (including phenoxy) is 1. The average molecular weight is 416 g/mol. The Morgan fingerprint density at radius 3 is 2.48 bits per heavy atom. The number of carbonyl (C=O) groups excluding carboxylic acids is 2. The standard InChI is InChI=1S/C22H25NO5S/c1-3-19(16-8-6-5-7-9-16)22(25)28-15-21(24)18-10-11-20-17(14-18)12-13-23(20)29(26,27)4-2/h5-11,14,19H,3-4,12-13,15H2,1-2H3/t19-/m0/s1. The Morgan fingerprint density at radius 1 is 1.10 bits per heavy atom. The second-order valence-corrected chi connectivity index (χ2v) is 9.15. The highest BCUT2D eigenvalue weighted by molar-refractivity contribution is 7.92. The Kier molecular flexibility index (Phi) is 6.37. The van der Waals surface area contributed by atoms with Crippen molar-refractivity contribution in [2.75, 3.05) is 23.2 Å². The number of Topliss-reactive ketones (excluding diaryl/α,β-unsaturated/α-hetero) is 1. The molecule has 2 aromatic rings. The van der Waals surface area contributed by atoms with E-state index < -0.39 is 21.9 Å². The zero-order valence-electron chi connectivity index (χ0n) is 16.6. The fourth-order valence-corrected chi connectivity index (χ4v) is 4.69. The van der Waals surface area contributed by atoms with Crippen LogP contribution in [-0.2, 0) is 26.0 Å². The lowest BCUT2D eigenvalue weighted by molar-refractivity contribution is -0.144. The predicted octanol–water partition coefficient (Wildman–Crippen LogP) is 3.32. The predicted molar refractivity (Wildman–Crippen MR) is 112 cm³/mol. The molecular formula is C22H25NO5S. The van der Waals surface area contributed by atoms with E-state index in [1.807, 2.05) is 37.3 Å².